The SMILES string of the molecule is N#CB1CCCC(c2cnsc2C(=O)O)C1. The van der Waals surface area contributed by atoms with Crippen LogP contribution in [0.5, 0.6) is 0 Å². The molecule has 2 heterocycles. The first-order valence-electron chi connectivity index (χ1n) is 5.30. The maximum Gasteiger partial charge on any atom is 0.347 e. The van der Waals surface area contributed by atoms with E-state index in [1.165, 1.54) is 0 Å². The lowest BCUT2D eigenvalue weighted by Gasteiger charge is -2.22. The van der Waals surface area contributed by atoms with E-state index in [9.17, 15) is 4.79 Å². The normalized spacial score (nSPS) is 20.4. The van der Waals surface area contributed by atoms with Crippen LogP contribution in [0.4, 0.5) is 0 Å². The highest BCUT2D eigenvalue weighted by molar-refractivity contribution is 7.08. The second-order valence-corrected chi connectivity index (χ2v) is 4.91. The van der Waals surface area contributed by atoms with Gasteiger partial charge in [-0.05, 0) is 23.9 Å². The topological polar surface area (TPSA) is 74.0 Å². The van der Waals surface area contributed by atoms with Crippen LogP contribution in [0.2, 0.25) is 12.6 Å². The van der Waals surface area contributed by atoms with Crippen molar-refractivity contribution >= 4 is 24.2 Å². The number of rotatable bonds is 2. The Morgan fingerprint density at radius 2 is 2.56 bits per heavy atom. The van der Waals surface area contributed by atoms with Crippen molar-refractivity contribution in [2.75, 3.05) is 0 Å². The number of nitrogens with zero attached hydrogens (tertiary/aromatic N) is 2. The van der Waals surface area contributed by atoms with Gasteiger partial charge in [-0.2, -0.15) is 0 Å². The molecule has 1 aromatic rings. The van der Waals surface area contributed by atoms with Gasteiger partial charge in [0.05, 0.1) is 0 Å². The highest BCUT2D eigenvalue weighted by atomic mass is 32.1. The third-order valence-corrected chi connectivity index (χ3v) is 3.89. The predicted octanol–water partition coefficient (Wildman–Crippen LogP) is 2.28. The summed E-state index contributed by atoms with van der Waals surface area (Å²) in [5, 5.41) is 17.9. The molecule has 1 fully saturated rings. The summed E-state index contributed by atoms with van der Waals surface area (Å²) in [6.07, 6.45) is 5.33. The van der Waals surface area contributed by atoms with Gasteiger partial charge in [-0.3, -0.25) is 0 Å². The zero-order chi connectivity index (χ0) is 11.5. The number of aromatic carboxylic acids is 1. The summed E-state index contributed by atoms with van der Waals surface area (Å²) in [5.41, 5.74) is 0.817. The van der Waals surface area contributed by atoms with Crippen LogP contribution in [0.1, 0.15) is 34.0 Å². The van der Waals surface area contributed by atoms with Crippen LogP contribution in [0.15, 0.2) is 6.20 Å². The molecular formula is C10H11BN2O2S. The standard InChI is InChI=1S/C10H11BN2O2S/c12-6-11-3-1-2-7(4-11)8-5-13-16-9(8)10(14)15/h5,7H,1-4H2,(H,14,15). The van der Waals surface area contributed by atoms with Crippen molar-refractivity contribution in [1.82, 2.24) is 4.37 Å². The molecule has 1 N–H and O–H groups in total. The molecule has 82 valence electrons. The van der Waals surface area contributed by atoms with Crippen LogP contribution >= 0.6 is 11.5 Å². The number of carboxylic acid groups (broad SMARTS) is 1. The number of carbonyl (C=O) groups is 1. The van der Waals surface area contributed by atoms with Gasteiger partial charge >= 0.3 is 5.97 Å². The molecule has 1 unspecified atom stereocenters. The van der Waals surface area contributed by atoms with Crippen LogP contribution in [0.25, 0.3) is 0 Å². The van der Waals surface area contributed by atoms with Gasteiger partial charge in [0.1, 0.15) is 4.88 Å². The van der Waals surface area contributed by atoms with Crippen LogP contribution in [-0.4, -0.2) is 22.2 Å². The second kappa shape index (κ2) is 4.66. The third-order valence-electron chi connectivity index (χ3n) is 3.09. The highest BCUT2D eigenvalue weighted by Crippen LogP contribution is 2.36. The molecule has 16 heavy (non-hydrogen) atoms. The molecule has 1 aliphatic rings. The van der Waals surface area contributed by atoms with Gasteiger partial charge in [-0.1, -0.05) is 19.1 Å². The fraction of sp³-hybridized carbons (Fsp3) is 0.500. The van der Waals surface area contributed by atoms with E-state index in [-0.39, 0.29) is 12.6 Å². The van der Waals surface area contributed by atoms with Crippen LogP contribution in [-0.2, 0) is 0 Å². The number of hydrogen-bond donors (Lipinski definition) is 1. The Balaban J connectivity index is 2.20. The minimum Gasteiger partial charge on any atom is -0.477 e. The largest absolute Gasteiger partial charge is 0.477 e. The molecule has 4 nitrogen and oxygen atoms in total. The van der Waals surface area contributed by atoms with Crippen molar-refractivity contribution in [3.63, 3.8) is 0 Å². The van der Waals surface area contributed by atoms with E-state index in [2.05, 4.69) is 10.3 Å². The molecule has 0 aliphatic carbocycles. The first-order chi connectivity index (χ1) is 7.72. The summed E-state index contributed by atoms with van der Waals surface area (Å²) in [4.78, 5) is 11.3. The van der Waals surface area contributed by atoms with Crippen molar-refractivity contribution in [2.24, 2.45) is 0 Å². The summed E-state index contributed by atoms with van der Waals surface area (Å²) in [5.74, 6) is 1.57. The Hall–Kier alpha value is -1.35. The van der Waals surface area contributed by atoms with Gasteiger partial charge < -0.3 is 5.11 Å². The number of aromatic nitrogens is 1. The first kappa shape index (κ1) is 11.1. The summed E-state index contributed by atoms with van der Waals surface area (Å²) in [7, 11) is 0. The quantitative estimate of drug-likeness (QED) is 0.796. The Morgan fingerprint density at radius 1 is 1.75 bits per heavy atom. The molecule has 6 heteroatoms. The zero-order valence-electron chi connectivity index (χ0n) is 8.72. The van der Waals surface area contributed by atoms with Crippen LogP contribution in [0.3, 0.4) is 0 Å². The van der Waals surface area contributed by atoms with E-state index >= 15 is 0 Å². The van der Waals surface area contributed by atoms with Crippen molar-refractivity contribution in [3.8, 4) is 5.97 Å². The number of nitriles is 1. The Morgan fingerprint density at radius 3 is 3.25 bits per heavy atom. The molecule has 2 rings (SSSR count). The Bertz CT molecular complexity index is 440. The first-order valence-corrected chi connectivity index (χ1v) is 6.07. The van der Waals surface area contributed by atoms with Gasteiger partial charge in [0.25, 0.3) is 6.71 Å². The summed E-state index contributed by atoms with van der Waals surface area (Å²) in [6.45, 7) is 0.0697. The average molecular weight is 234 g/mol. The molecule has 1 aliphatic heterocycles. The molecule has 1 atom stereocenters. The minimum atomic E-state index is -0.906. The van der Waals surface area contributed by atoms with Crippen LogP contribution < -0.4 is 0 Å². The Kier molecular flexibility index (Phi) is 3.25. The van der Waals surface area contributed by atoms with E-state index in [1.807, 2.05) is 0 Å². The van der Waals surface area contributed by atoms with Crippen molar-refractivity contribution in [2.45, 2.75) is 31.4 Å². The predicted molar refractivity (Wildman–Crippen MR) is 62.0 cm³/mol. The second-order valence-electron chi connectivity index (χ2n) is 4.10. The monoisotopic (exact) mass is 234 g/mol. The van der Waals surface area contributed by atoms with E-state index < -0.39 is 5.97 Å². The lowest BCUT2D eigenvalue weighted by molar-refractivity contribution is 0.0700. The van der Waals surface area contributed by atoms with Gasteiger partial charge in [0.15, 0.2) is 0 Å². The third kappa shape index (κ3) is 2.09. The Labute approximate surface area is 98.2 Å². The zero-order valence-corrected chi connectivity index (χ0v) is 9.54. The number of carboxylic acids is 1. The molecule has 1 aromatic heterocycles. The molecule has 0 aromatic carbocycles. The van der Waals surface area contributed by atoms with E-state index in [4.69, 9.17) is 10.4 Å². The molecule has 0 radical (unpaired) electrons. The summed E-state index contributed by atoms with van der Waals surface area (Å²) >= 11 is 1.03. The van der Waals surface area contributed by atoms with Gasteiger partial charge in [-0.15, -0.1) is 0 Å². The smallest absolute Gasteiger partial charge is 0.347 e. The molecular weight excluding hydrogens is 223 g/mol. The van der Waals surface area contributed by atoms with Crippen molar-refractivity contribution in [3.05, 3.63) is 16.6 Å². The van der Waals surface area contributed by atoms with E-state index in [0.717, 1.165) is 42.6 Å². The van der Waals surface area contributed by atoms with E-state index in [1.54, 1.807) is 6.20 Å². The average Bonchev–Trinajstić information content (AvgIpc) is 2.78. The maximum absolute atomic E-state index is 11.0. The molecule has 0 spiro atoms. The van der Waals surface area contributed by atoms with Crippen molar-refractivity contribution in [1.29, 1.82) is 5.26 Å². The fourth-order valence-electron chi connectivity index (χ4n) is 2.29. The number of hydrogen-bond acceptors (Lipinski definition) is 4. The maximum atomic E-state index is 11.0. The van der Waals surface area contributed by atoms with Crippen molar-refractivity contribution < 1.29 is 9.90 Å². The van der Waals surface area contributed by atoms with Gasteiger partial charge in [-0.25, -0.2) is 14.4 Å². The lowest BCUT2D eigenvalue weighted by atomic mass is 9.40. The fourth-order valence-corrected chi connectivity index (χ4v) is 2.96. The lowest BCUT2D eigenvalue weighted by Crippen LogP contribution is -2.20. The van der Waals surface area contributed by atoms with Crippen LogP contribution in [0, 0.1) is 11.2 Å². The summed E-state index contributed by atoms with van der Waals surface area (Å²) in [6, 6.07) is 0. The molecule has 0 saturated carbocycles. The van der Waals surface area contributed by atoms with Gasteiger partial charge in [0.2, 0.25) is 0 Å². The summed E-state index contributed by atoms with van der Waals surface area (Å²) < 4.78 is 3.95. The van der Waals surface area contributed by atoms with Gasteiger partial charge in [0, 0.05) is 17.7 Å². The molecule has 0 amide bonds. The van der Waals surface area contributed by atoms with E-state index in [0.29, 0.717) is 4.88 Å². The molecule has 1 saturated heterocycles. The highest BCUT2D eigenvalue weighted by Gasteiger charge is 2.29. The molecule has 0 bridgehead atoms. The minimum absolute atomic E-state index is 0.0697.